The highest BCUT2D eigenvalue weighted by molar-refractivity contribution is 5.93. The molecule has 0 unspecified atom stereocenters. The molecule has 0 saturated carbocycles. The van der Waals surface area contributed by atoms with Gasteiger partial charge in [0.15, 0.2) is 0 Å². The summed E-state index contributed by atoms with van der Waals surface area (Å²) < 4.78 is 0. The third-order valence-electron chi connectivity index (χ3n) is 3.68. The lowest BCUT2D eigenvalue weighted by atomic mass is 10.0. The number of carbonyl (C=O) groups is 1. The second-order valence-corrected chi connectivity index (χ2v) is 5.30. The molecular formula is C18H17N3O2. The van der Waals surface area contributed by atoms with Gasteiger partial charge in [-0.25, -0.2) is 4.98 Å². The van der Waals surface area contributed by atoms with E-state index in [1.807, 2.05) is 42.5 Å². The lowest BCUT2D eigenvalue weighted by Crippen LogP contribution is -2.15. The molecule has 1 aromatic heterocycles. The van der Waals surface area contributed by atoms with Crippen LogP contribution in [0, 0.1) is 0 Å². The predicted molar refractivity (Wildman–Crippen MR) is 90.2 cm³/mol. The Kier molecular flexibility index (Phi) is 4.21. The molecule has 0 aliphatic heterocycles. The van der Waals surface area contributed by atoms with Crippen LogP contribution in [-0.4, -0.2) is 22.5 Å². The summed E-state index contributed by atoms with van der Waals surface area (Å²) >= 11 is 0. The molecule has 4 N–H and O–H groups in total. The summed E-state index contributed by atoms with van der Waals surface area (Å²) in [6.45, 7) is 0.285. The van der Waals surface area contributed by atoms with Crippen LogP contribution in [0.15, 0.2) is 60.8 Å². The third kappa shape index (κ3) is 3.46. The Morgan fingerprint density at radius 1 is 1.13 bits per heavy atom. The summed E-state index contributed by atoms with van der Waals surface area (Å²) in [6, 6.07) is 17.0. The van der Waals surface area contributed by atoms with Gasteiger partial charge in [-0.15, -0.1) is 0 Å². The summed E-state index contributed by atoms with van der Waals surface area (Å²) in [4.78, 5) is 15.3. The van der Waals surface area contributed by atoms with Crippen LogP contribution in [0.25, 0.3) is 10.8 Å². The number of rotatable bonds is 5. The Bertz CT molecular complexity index is 848. The molecule has 0 aliphatic carbocycles. The van der Waals surface area contributed by atoms with Crippen molar-refractivity contribution >= 4 is 22.5 Å². The standard InChI is InChI=1S/C18H17N3O2/c19-18(23)15-7-8-20-17(10-15)21-11-16(22)14-6-5-12-3-1-2-4-13(12)9-14/h1-10,16,22H,11H2,(H2,19,23)(H,20,21)/t16-/m1/s1. The number of nitrogens with one attached hydrogen (secondary N) is 1. The zero-order chi connectivity index (χ0) is 16.2. The van der Waals surface area contributed by atoms with E-state index in [4.69, 9.17) is 5.73 Å². The molecule has 2 aromatic carbocycles. The van der Waals surface area contributed by atoms with E-state index < -0.39 is 12.0 Å². The minimum absolute atomic E-state index is 0.285. The second-order valence-electron chi connectivity index (χ2n) is 5.30. The van der Waals surface area contributed by atoms with Crippen LogP contribution in [0.5, 0.6) is 0 Å². The molecule has 116 valence electrons. The van der Waals surface area contributed by atoms with Crippen molar-refractivity contribution in [3.8, 4) is 0 Å². The van der Waals surface area contributed by atoms with Crippen LogP contribution in [0.4, 0.5) is 5.82 Å². The molecule has 0 aliphatic rings. The number of aliphatic hydroxyl groups excluding tert-OH is 1. The molecule has 1 amide bonds. The predicted octanol–water partition coefficient (Wildman–Crippen LogP) is 2.48. The van der Waals surface area contributed by atoms with Crippen molar-refractivity contribution in [3.05, 3.63) is 71.9 Å². The Balaban J connectivity index is 1.72. The van der Waals surface area contributed by atoms with Crippen molar-refractivity contribution in [2.75, 3.05) is 11.9 Å². The Hall–Kier alpha value is -2.92. The van der Waals surface area contributed by atoms with Gasteiger partial charge in [-0.05, 0) is 34.5 Å². The molecule has 5 nitrogen and oxygen atoms in total. The van der Waals surface area contributed by atoms with Crippen molar-refractivity contribution in [1.82, 2.24) is 4.98 Å². The average Bonchev–Trinajstić information content (AvgIpc) is 2.59. The molecule has 3 rings (SSSR count). The Labute approximate surface area is 133 Å². The van der Waals surface area contributed by atoms with Crippen molar-refractivity contribution in [3.63, 3.8) is 0 Å². The smallest absolute Gasteiger partial charge is 0.248 e. The highest BCUT2D eigenvalue weighted by Crippen LogP contribution is 2.20. The zero-order valence-electron chi connectivity index (χ0n) is 12.4. The van der Waals surface area contributed by atoms with Gasteiger partial charge in [-0.3, -0.25) is 4.79 Å². The second kappa shape index (κ2) is 6.46. The maximum absolute atomic E-state index is 11.2. The van der Waals surface area contributed by atoms with Crippen LogP contribution in [0.2, 0.25) is 0 Å². The van der Waals surface area contributed by atoms with E-state index >= 15 is 0 Å². The number of primary amides is 1. The van der Waals surface area contributed by atoms with Crippen LogP contribution in [0.3, 0.4) is 0 Å². The summed E-state index contributed by atoms with van der Waals surface area (Å²) in [5.41, 5.74) is 6.44. The molecular weight excluding hydrogens is 290 g/mol. The number of nitrogens with two attached hydrogens (primary N) is 1. The highest BCUT2D eigenvalue weighted by Gasteiger charge is 2.09. The van der Waals surface area contributed by atoms with Gasteiger partial charge in [0.25, 0.3) is 0 Å². The monoisotopic (exact) mass is 307 g/mol. The van der Waals surface area contributed by atoms with E-state index in [1.165, 1.54) is 6.20 Å². The minimum atomic E-state index is -0.682. The van der Waals surface area contributed by atoms with Gasteiger partial charge < -0.3 is 16.2 Å². The number of fused-ring (bicyclic) bond motifs is 1. The number of aliphatic hydroxyl groups is 1. The average molecular weight is 307 g/mol. The fourth-order valence-electron chi connectivity index (χ4n) is 2.41. The molecule has 1 heterocycles. The third-order valence-corrected chi connectivity index (χ3v) is 3.68. The molecule has 0 saturated heterocycles. The number of carbonyl (C=O) groups excluding carboxylic acids is 1. The lowest BCUT2D eigenvalue weighted by Gasteiger charge is -2.13. The first kappa shape index (κ1) is 15.0. The normalized spacial score (nSPS) is 12.0. The topological polar surface area (TPSA) is 88.2 Å². The summed E-state index contributed by atoms with van der Waals surface area (Å²) in [5, 5.41) is 15.6. The largest absolute Gasteiger partial charge is 0.387 e. The van der Waals surface area contributed by atoms with Crippen molar-refractivity contribution in [2.24, 2.45) is 5.73 Å². The Morgan fingerprint density at radius 2 is 1.91 bits per heavy atom. The van der Waals surface area contributed by atoms with Gasteiger partial charge in [0, 0.05) is 18.3 Å². The lowest BCUT2D eigenvalue weighted by molar-refractivity contribution is 0.1000. The van der Waals surface area contributed by atoms with E-state index in [0.29, 0.717) is 11.4 Å². The molecule has 3 aromatic rings. The van der Waals surface area contributed by atoms with Crippen molar-refractivity contribution < 1.29 is 9.90 Å². The first-order chi connectivity index (χ1) is 11.1. The van der Waals surface area contributed by atoms with Gasteiger partial charge in [-0.2, -0.15) is 0 Å². The molecule has 5 heteroatoms. The van der Waals surface area contributed by atoms with E-state index in [1.54, 1.807) is 12.1 Å². The molecule has 0 radical (unpaired) electrons. The number of nitrogens with zero attached hydrogens (tertiary/aromatic N) is 1. The van der Waals surface area contributed by atoms with Crippen LogP contribution >= 0.6 is 0 Å². The van der Waals surface area contributed by atoms with Gasteiger partial charge in [0.05, 0.1) is 6.10 Å². The number of amides is 1. The number of hydrogen-bond acceptors (Lipinski definition) is 4. The van der Waals surface area contributed by atoms with Gasteiger partial charge in [0.1, 0.15) is 5.82 Å². The molecule has 0 spiro atoms. The highest BCUT2D eigenvalue weighted by atomic mass is 16.3. The quantitative estimate of drug-likeness (QED) is 0.675. The first-order valence-electron chi connectivity index (χ1n) is 7.30. The SMILES string of the molecule is NC(=O)c1ccnc(NC[C@@H](O)c2ccc3ccccc3c2)c1. The molecule has 0 fully saturated rings. The Morgan fingerprint density at radius 3 is 2.70 bits per heavy atom. The number of anilines is 1. The maximum Gasteiger partial charge on any atom is 0.248 e. The molecule has 0 bridgehead atoms. The fraction of sp³-hybridized carbons (Fsp3) is 0.111. The van der Waals surface area contributed by atoms with Gasteiger partial charge >= 0.3 is 0 Å². The summed E-state index contributed by atoms with van der Waals surface area (Å²) in [6.07, 6.45) is 0.823. The van der Waals surface area contributed by atoms with E-state index in [-0.39, 0.29) is 6.54 Å². The number of pyridine rings is 1. The molecule has 23 heavy (non-hydrogen) atoms. The fourth-order valence-corrected chi connectivity index (χ4v) is 2.41. The van der Waals surface area contributed by atoms with E-state index in [9.17, 15) is 9.90 Å². The van der Waals surface area contributed by atoms with Crippen LogP contribution in [0.1, 0.15) is 22.0 Å². The number of aromatic nitrogens is 1. The van der Waals surface area contributed by atoms with Gasteiger partial charge in [-0.1, -0.05) is 36.4 Å². The maximum atomic E-state index is 11.2. The van der Waals surface area contributed by atoms with Gasteiger partial charge in [0.2, 0.25) is 5.91 Å². The number of hydrogen-bond donors (Lipinski definition) is 3. The number of benzene rings is 2. The summed E-state index contributed by atoms with van der Waals surface area (Å²) in [7, 11) is 0. The molecule has 1 atom stereocenters. The van der Waals surface area contributed by atoms with Crippen molar-refractivity contribution in [1.29, 1.82) is 0 Å². The van der Waals surface area contributed by atoms with Crippen LogP contribution in [-0.2, 0) is 0 Å². The van der Waals surface area contributed by atoms with E-state index in [2.05, 4.69) is 10.3 Å². The van der Waals surface area contributed by atoms with Crippen molar-refractivity contribution in [2.45, 2.75) is 6.10 Å². The first-order valence-corrected chi connectivity index (χ1v) is 7.30. The van der Waals surface area contributed by atoms with Crippen LogP contribution < -0.4 is 11.1 Å². The van der Waals surface area contributed by atoms with E-state index in [0.717, 1.165) is 16.3 Å². The minimum Gasteiger partial charge on any atom is -0.387 e. The summed E-state index contributed by atoms with van der Waals surface area (Å²) in [5.74, 6) is -0.00772. The zero-order valence-corrected chi connectivity index (χ0v) is 12.4.